The molecule has 0 aromatic heterocycles. The van der Waals surface area contributed by atoms with Crippen molar-refractivity contribution >= 4 is 5.78 Å². The molecular weight excluding hydrogens is 178 g/mol. The van der Waals surface area contributed by atoms with Crippen LogP contribution in [0.1, 0.15) is 22.3 Å². The lowest BCUT2D eigenvalue weighted by Crippen LogP contribution is -2.08. The van der Waals surface area contributed by atoms with Gasteiger partial charge in [-0.05, 0) is 37.2 Å². The van der Waals surface area contributed by atoms with E-state index in [2.05, 4.69) is 0 Å². The van der Waals surface area contributed by atoms with Gasteiger partial charge in [-0.1, -0.05) is 0 Å². The lowest BCUT2D eigenvalue weighted by Gasteiger charge is -2.06. The van der Waals surface area contributed by atoms with Gasteiger partial charge in [0.25, 0.3) is 0 Å². The SMILES string of the molecule is COc1ccc(C(=O)CCN)cc1C. The molecule has 0 bridgehead atoms. The Hall–Kier alpha value is -1.35. The number of aryl methyl sites for hydroxylation is 1. The van der Waals surface area contributed by atoms with Crippen LogP contribution in [0.25, 0.3) is 0 Å². The third kappa shape index (κ3) is 2.33. The van der Waals surface area contributed by atoms with Crippen molar-refractivity contribution in [2.45, 2.75) is 13.3 Å². The number of carbonyl (C=O) groups excluding carboxylic acids is 1. The first-order valence-corrected chi connectivity index (χ1v) is 4.57. The Balaban J connectivity index is 2.91. The highest BCUT2D eigenvalue weighted by Crippen LogP contribution is 2.19. The highest BCUT2D eigenvalue weighted by molar-refractivity contribution is 5.96. The van der Waals surface area contributed by atoms with E-state index < -0.39 is 0 Å². The standard InChI is InChI=1S/C11H15NO2/c1-8-7-9(10(13)5-6-12)3-4-11(8)14-2/h3-4,7H,5-6,12H2,1-2H3. The van der Waals surface area contributed by atoms with Gasteiger partial charge in [0.2, 0.25) is 0 Å². The predicted octanol–water partition coefficient (Wildman–Crippen LogP) is 1.54. The number of methoxy groups -OCH3 is 1. The van der Waals surface area contributed by atoms with Crippen molar-refractivity contribution in [3.05, 3.63) is 29.3 Å². The van der Waals surface area contributed by atoms with E-state index in [0.717, 1.165) is 11.3 Å². The molecule has 0 saturated carbocycles. The van der Waals surface area contributed by atoms with Gasteiger partial charge in [0.15, 0.2) is 5.78 Å². The molecule has 3 heteroatoms. The van der Waals surface area contributed by atoms with Gasteiger partial charge in [-0.25, -0.2) is 0 Å². The van der Waals surface area contributed by atoms with Gasteiger partial charge in [-0.3, -0.25) is 4.79 Å². The Morgan fingerprint density at radius 3 is 2.71 bits per heavy atom. The molecule has 3 nitrogen and oxygen atoms in total. The fraction of sp³-hybridized carbons (Fsp3) is 0.364. The molecule has 0 unspecified atom stereocenters. The van der Waals surface area contributed by atoms with Crippen LogP contribution < -0.4 is 10.5 Å². The van der Waals surface area contributed by atoms with Crippen molar-refractivity contribution < 1.29 is 9.53 Å². The van der Waals surface area contributed by atoms with Crippen molar-refractivity contribution in [1.82, 2.24) is 0 Å². The van der Waals surface area contributed by atoms with Crippen LogP contribution in [-0.4, -0.2) is 19.4 Å². The summed E-state index contributed by atoms with van der Waals surface area (Å²) in [6.07, 6.45) is 0.395. The monoisotopic (exact) mass is 193 g/mol. The van der Waals surface area contributed by atoms with Crippen molar-refractivity contribution in [3.63, 3.8) is 0 Å². The molecule has 1 rings (SSSR count). The Bertz CT molecular complexity index is 334. The fourth-order valence-corrected chi connectivity index (χ4v) is 1.33. The Morgan fingerprint density at radius 1 is 1.50 bits per heavy atom. The number of ether oxygens (including phenoxy) is 1. The van der Waals surface area contributed by atoms with Crippen LogP contribution in [0.15, 0.2) is 18.2 Å². The Labute approximate surface area is 83.9 Å². The summed E-state index contributed by atoms with van der Waals surface area (Å²) in [5.41, 5.74) is 6.99. The Morgan fingerprint density at radius 2 is 2.21 bits per heavy atom. The maximum atomic E-state index is 11.5. The molecular formula is C11H15NO2. The van der Waals surface area contributed by atoms with Crippen molar-refractivity contribution in [2.75, 3.05) is 13.7 Å². The summed E-state index contributed by atoms with van der Waals surface area (Å²) in [6, 6.07) is 5.40. The van der Waals surface area contributed by atoms with Crippen LogP contribution in [0.4, 0.5) is 0 Å². The van der Waals surface area contributed by atoms with E-state index >= 15 is 0 Å². The minimum absolute atomic E-state index is 0.0817. The number of nitrogens with two attached hydrogens (primary N) is 1. The highest BCUT2D eigenvalue weighted by atomic mass is 16.5. The summed E-state index contributed by atoms with van der Waals surface area (Å²) in [7, 11) is 1.61. The third-order valence-electron chi connectivity index (χ3n) is 2.09. The van der Waals surface area contributed by atoms with E-state index in [1.807, 2.05) is 13.0 Å². The number of carbonyl (C=O) groups is 1. The maximum Gasteiger partial charge on any atom is 0.164 e. The van der Waals surface area contributed by atoms with Gasteiger partial charge in [0.1, 0.15) is 5.75 Å². The van der Waals surface area contributed by atoms with Gasteiger partial charge in [-0.15, -0.1) is 0 Å². The number of hydrogen-bond donors (Lipinski definition) is 1. The van der Waals surface area contributed by atoms with Crippen LogP contribution in [0.2, 0.25) is 0 Å². The zero-order valence-electron chi connectivity index (χ0n) is 8.54. The summed E-state index contributed by atoms with van der Waals surface area (Å²) in [6.45, 7) is 2.31. The van der Waals surface area contributed by atoms with E-state index in [4.69, 9.17) is 10.5 Å². The van der Waals surface area contributed by atoms with Gasteiger partial charge in [0.05, 0.1) is 7.11 Å². The zero-order chi connectivity index (χ0) is 10.6. The molecule has 0 heterocycles. The lowest BCUT2D eigenvalue weighted by molar-refractivity contribution is 0.0985. The number of hydrogen-bond acceptors (Lipinski definition) is 3. The smallest absolute Gasteiger partial charge is 0.164 e. The molecule has 0 aliphatic heterocycles. The topological polar surface area (TPSA) is 52.3 Å². The molecule has 0 spiro atoms. The summed E-state index contributed by atoms with van der Waals surface area (Å²) in [5, 5.41) is 0. The number of benzene rings is 1. The van der Waals surface area contributed by atoms with Crippen LogP contribution in [0.5, 0.6) is 5.75 Å². The lowest BCUT2D eigenvalue weighted by atomic mass is 10.1. The first kappa shape index (κ1) is 10.7. The molecule has 0 aliphatic carbocycles. The van der Waals surface area contributed by atoms with Gasteiger partial charge >= 0.3 is 0 Å². The molecule has 0 aliphatic rings. The van der Waals surface area contributed by atoms with Crippen LogP contribution in [-0.2, 0) is 0 Å². The molecule has 14 heavy (non-hydrogen) atoms. The molecule has 0 radical (unpaired) electrons. The van der Waals surface area contributed by atoms with Crippen LogP contribution in [0, 0.1) is 6.92 Å². The normalized spacial score (nSPS) is 9.93. The first-order chi connectivity index (χ1) is 6.69. The second-order valence-corrected chi connectivity index (χ2v) is 3.15. The number of ketones is 1. The molecule has 2 N–H and O–H groups in total. The molecule has 1 aromatic rings. The quantitative estimate of drug-likeness (QED) is 0.738. The molecule has 0 saturated heterocycles. The van der Waals surface area contributed by atoms with Gasteiger partial charge < -0.3 is 10.5 Å². The van der Waals surface area contributed by atoms with E-state index in [-0.39, 0.29) is 5.78 Å². The van der Waals surface area contributed by atoms with Crippen LogP contribution in [0.3, 0.4) is 0 Å². The average Bonchev–Trinajstić information content (AvgIpc) is 2.18. The van der Waals surface area contributed by atoms with Crippen molar-refractivity contribution in [1.29, 1.82) is 0 Å². The molecule has 0 atom stereocenters. The average molecular weight is 193 g/mol. The summed E-state index contributed by atoms with van der Waals surface area (Å²) in [5.74, 6) is 0.882. The second-order valence-electron chi connectivity index (χ2n) is 3.15. The number of Topliss-reactive ketones (excluding diaryl/α,β-unsaturated/α-hetero) is 1. The van der Waals surface area contributed by atoms with Gasteiger partial charge in [0, 0.05) is 12.0 Å². The first-order valence-electron chi connectivity index (χ1n) is 4.57. The zero-order valence-corrected chi connectivity index (χ0v) is 8.54. The molecule has 0 amide bonds. The summed E-state index contributed by atoms with van der Waals surface area (Å²) >= 11 is 0. The fourth-order valence-electron chi connectivity index (χ4n) is 1.33. The predicted molar refractivity (Wildman–Crippen MR) is 55.7 cm³/mol. The van der Waals surface area contributed by atoms with E-state index in [9.17, 15) is 4.79 Å². The summed E-state index contributed by atoms with van der Waals surface area (Å²) in [4.78, 5) is 11.5. The van der Waals surface area contributed by atoms with E-state index in [1.165, 1.54) is 0 Å². The molecule has 0 fully saturated rings. The minimum Gasteiger partial charge on any atom is -0.496 e. The third-order valence-corrected chi connectivity index (χ3v) is 2.09. The minimum atomic E-state index is 0.0817. The maximum absolute atomic E-state index is 11.5. The largest absolute Gasteiger partial charge is 0.496 e. The van der Waals surface area contributed by atoms with Crippen molar-refractivity contribution in [2.24, 2.45) is 5.73 Å². The number of rotatable bonds is 4. The Kier molecular flexibility index (Phi) is 3.65. The van der Waals surface area contributed by atoms with Gasteiger partial charge in [-0.2, -0.15) is 0 Å². The van der Waals surface area contributed by atoms with Crippen LogP contribution >= 0.6 is 0 Å². The second kappa shape index (κ2) is 4.77. The summed E-state index contributed by atoms with van der Waals surface area (Å²) < 4.78 is 5.10. The molecule has 1 aromatic carbocycles. The van der Waals surface area contributed by atoms with Crippen molar-refractivity contribution in [3.8, 4) is 5.75 Å². The molecule has 76 valence electrons. The highest BCUT2D eigenvalue weighted by Gasteiger charge is 2.06. The van der Waals surface area contributed by atoms with E-state index in [1.54, 1.807) is 19.2 Å². The van der Waals surface area contributed by atoms with E-state index in [0.29, 0.717) is 18.5 Å².